The van der Waals surface area contributed by atoms with Gasteiger partial charge in [-0.15, -0.1) is 0 Å². The van der Waals surface area contributed by atoms with Crippen LogP contribution in [0.4, 0.5) is 0 Å². The van der Waals surface area contributed by atoms with Gasteiger partial charge in [0.1, 0.15) is 0 Å². The van der Waals surface area contributed by atoms with E-state index in [4.69, 9.17) is 0 Å². The van der Waals surface area contributed by atoms with Crippen molar-refractivity contribution in [3.63, 3.8) is 0 Å². The molecule has 1 radical (unpaired) electrons. The van der Waals surface area contributed by atoms with Crippen molar-refractivity contribution in [3.05, 3.63) is 0 Å². The van der Waals surface area contributed by atoms with Crippen LogP contribution in [-0.2, 0) is 32.0 Å². The maximum Gasteiger partial charge on any atom is 2.00 e. The first-order chi connectivity index (χ1) is 7.54. The van der Waals surface area contributed by atoms with Gasteiger partial charge in [0.25, 0.3) is 0 Å². The molecule has 0 unspecified atom stereocenters. The van der Waals surface area contributed by atoms with E-state index in [0.29, 0.717) is 0 Å². The number of hydrogen-bond donors (Lipinski definition) is 0. The van der Waals surface area contributed by atoms with Gasteiger partial charge in [-0.2, -0.15) is 0 Å². The van der Waals surface area contributed by atoms with Crippen LogP contribution < -0.4 is 10.2 Å². The Hall–Kier alpha value is -0.320. The number of carbonyl (C=O) groups is 2. The van der Waals surface area contributed by atoms with Gasteiger partial charge in [0.05, 0.1) is 0 Å². The molecule has 17 heavy (non-hydrogen) atoms. The van der Waals surface area contributed by atoms with Gasteiger partial charge in [0, 0.05) is 11.9 Å². The van der Waals surface area contributed by atoms with Gasteiger partial charge in [-0.1, -0.05) is 39.5 Å². The van der Waals surface area contributed by atoms with E-state index < -0.39 is 11.9 Å². The number of carbonyl (C=O) groups excluding carboxylic acids is 2. The molecule has 0 aromatic rings. The molecule has 0 spiro atoms. The van der Waals surface area contributed by atoms with E-state index in [1.807, 2.05) is 13.8 Å². The number of aliphatic carboxylic acids is 2. The topological polar surface area (TPSA) is 80.3 Å². The standard InChI is InChI=1S/2C6H12O2.Nb/c2*1-2-3-4-5-6(7)8;/h2*2-5H2,1H3,(H,7,8);/q;;+2/p-2. The van der Waals surface area contributed by atoms with Gasteiger partial charge in [-0.25, -0.2) is 0 Å². The van der Waals surface area contributed by atoms with Gasteiger partial charge in [0.2, 0.25) is 0 Å². The van der Waals surface area contributed by atoms with Crippen LogP contribution >= 0.6 is 0 Å². The predicted molar refractivity (Wildman–Crippen MR) is 58.3 cm³/mol. The largest absolute Gasteiger partial charge is 2.00 e. The van der Waals surface area contributed by atoms with E-state index in [1.165, 1.54) is 0 Å². The number of carboxylic acids is 2. The smallest absolute Gasteiger partial charge is 0.550 e. The summed E-state index contributed by atoms with van der Waals surface area (Å²) in [6.07, 6.45) is 6.07. The monoisotopic (exact) mass is 323 g/mol. The first-order valence-corrected chi connectivity index (χ1v) is 5.94. The third-order valence-corrected chi connectivity index (χ3v) is 1.97. The molecule has 0 rings (SSSR count). The van der Waals surface area contributed by atoms with Crippen LogP contribution in [0, 0.1) is 0 Å². The summed E-state index contributed by atoms with van der Waals surface area (Å²) in [4.78, 5) is 19.5. The van der Waals surface area contributed by atoms with Gasteiger partial charge in [-0.05, 0) is 25.7 Å². The van der Waals surface area contributed by atoms with Crippen LogP contribution in [0.5, 0.6) is 0 Å². The van der Waals surface area contributed by atoms with Gasteiger partial charge in [-0.3, -0.25) is 0 Å². The van der Waals surface area contributed by atoms with E-state index in [1.54, 1.807) is 0 Å². The van der Waals surface area contributed by atoms with Crippen molar-refractivity contribution in [1.29, 1.82) is 0 Å². The van der Waals surface area contributed by atoms with E-state index in [2.05, 4.69) is 0 Å². The van der Waals surface area contributed by atoms with E-state index in [0.717, 1.165) is 38.5 Å². The maximum atomic E-state index is 9.76. The van der Waals surface area contributed by atoms with Crippen molar-refractivity contribution in [2.75, 3.05) is 0 Å². The van der Waals surface area contributed by atoms with Crippen LogP contribution in [0.3, 0.4) is 0 Å². The molecule has 4 nitrogen and oxygen atoms in total. The number of rotatable bonds is 8. The summed E-state index contributed by atoms with van der Waals surface area (Å²) in [5.74, 6) is -1.86. The fourth-order valence-corrected chi connectivity index (χ4v) is 1.04. The van der Waals surface area contributed by atoms with Crippen molar-refractivity contribution < 1.29 is 42.2 Å². The van der Waals surface area contributed by atoms with Crippen LogP contribution in [0.1, 0.15) is 65.2 Å². The first-order valence-electron chi connectivity index (χ1n) is 5.94. The zero-order chi connectivity index (χ0) is 12.8. The summed E-state index contributed by atoms with van der Waals surface area (Å²) in [7, 11) is 0. The number of carboxylic acid groups (broad SMARTS) is 2. The molecular weight excluding hydrogens is 301 g/mol. The van der Waals surface area contributed by atoms with E-state index >= 15 is 0 Å². The Morgan fingerprint density at radius 3 is 1.24 bits per heavy atom. The normalized spacial score (nSPS) is 8.59. The molecule has 0 heterocycles. The molecule has 0 bridgehead atoms. The predicted octanol–water partition coefficient (Wildman–Crippen LogP) is 0.631. The summed E-state index contributed by atoms with van der Waals surface area (Å²) in [6, 6.07) is 0. The summed E-state index contributed by atoms with van der Waals surface area (Å²) < 4.78 is 0. The minimum Gasteiger partial charge on any atom is -0.550 e. The Balaban J connectivity index is -0.000000218. The quantitative estimate of drug-likeness (QED) is 0.485. The molecule has 0 aliphatic rings. The van der Waals surface area contributed by atoms with Crippen LogP contribution in [-0.4, -0.2) is 11.9 Å². The van der Waals surface area contributed by atoms with E-state index in [9.17, 15) is 19.8 Å². The Morgan fingerprint density at radius 1 is 0.765 bits per heavy atom. The van der Waals surface area contributed by atoms with Crippen LogP contribution in [0.2, 0.25) is 0 Å². The molecule has 5 heteroatoms. The second-order valence-electron chi connectivity index (χ2n) is 3.66. The number of hydrogen-bond acceptors (Lipinski definition) is 4. The Bertz CT molecular complexity index is 163. The summed E-state index contributed by atoms with van der Waals surface area (Å²) in [6.45, 7) is 4.07. The average molecular weight is 323 g/mol. The summed E-state index contributed by atoms with van der Waals surface area (Å²) >= 11 is 0. The molecule has 0 aliphatic carbocycles. The average Bonchev–Trinajstić information content (AvgIpc) is 2.18. The molecule has 99 valence electrons. The molecule has 0 aliphatic heterocycles. The van der Waals surface area contributed by atoms with Crippen LogP contribution in [0.15, 0.2) is 0 Å². The van der Waals surface area contributed by atoms with E-state index in [-0.39, 0.29) is 35.2 Å². The first kappa shape index (κ1) is 21.9. The summed E-state index contributed by atoms with van der Waals surface area (Å²) in [5.41, 5.74) is 0. The zero-order valence-electron chi connectivity index (χ0n) is 10.7. The molecule has 0 saturated carbocycles. The molecular formula is C12H22NbO4. The fourth-order valence-electron chi connectivity index (χ4n) is 1.04. The molecule has 0 aromatic carbocycles. The van der Waals surface area contributed by atoms with Gasteiger partial charge >= 0.3 is 22.4 Å². The minimum atomic E-state index is -0.932. The second kappa shape index (κ2) is 18.1. The van der Waals surface area contributed by atoms with Crippen molar-refractivity contribution in [3.8, 4) is 0 Å². The van der Waals surface area contributed by atoms with Gasteiger partial charge in [0.15, 0.2) is 0 Å². The Labute approximate surface area is 119 Å². The molecule has 0 N–H and O–H groups in total. The molecule has 0 fully saturated rings. The van der Waals surface area contributed by atoms with Crippen molar-refractivity contribution in [2.45, 2.75) is 65.2 Å². The number of unbranched alkanes of at least 4 members (excludes halogenated alkanes) is 4. The van der Waals surface area contributed by atoms with Crippen LogP contribution in [0.25, 0.3) is 0 Å². The molecule has 0 atom stereocenters. The van der Waals surface area contributed by atoms with Crippen molar-refractivity contribution in [1.82, 2.24) is 0 Å². The molecule has 0 amide bonds. The second-order valence-corrected chi connectivity index (χ2v) is 3.66. The zero-order valence-corrected chi connectivity index (χ0v) is 12.9. The molecule has 0 saturated heterocycles. The van der Waals surface area contributed by atoms with Crippen molar-refractivity contribution >= 4 is 11.9 Å². The fraction of sp³-hybridized carbons (Fsp3) is 0.833. The molecule has 0 aromatic heterocycles. The Kier molecular flexibility index (Phi) is 23.3. The SMILES string of the molecule is CCCCCC(=O)[O-].CCCCCC(=O)[O-].[Nb+2]. The third-order valence-electron chi connectivity index (χ3n) is 1.97. The summed E-state index contributed by atoms with van der Waals surface area (Å²) in [5, 5.41) is 19.5. The Morgan fingerprint density at radius 2 is 1.06 bits per heavy atom. The minimum absolute atomic E-state index is 0. The van der Waals surface area contributed by atoms with Gasteiger partial charge < -0.3 is 19.8 Å². The maximum absolute atomic E-state index is 9.76. The van der Waals surface area contributed by atoms with Crippen molar-refractivity contribution in [2.24, 2.45) is 0 Å². The third kappa shape index (κ3) is 31.3.